The summed E-state index contributed by atoms with van der Waals surface area (Å²) in [5.74, 6) is 0.360. The Morgan fingerprint density at radius 2 is 1.91 bits per heavy atom. The number of anilines is 1. The predicted octanol–water partition coefficient (Wildman–Crippen LogP) is 5.31. The van der Waals surface area contributed by atoms with Crippen LogP contribution in [0.2, 0.25) is 0 Å². The minimum Gasteiger partial charge on any atom is -0.495 e. The van der Waals surface area contributed by atoms with E-state index in [0.717, 1.165) is 33.2 Å². The number of aryl methyl sites for hydroxylation is 2. The van der Waals surface area contributed by atoms with Crippen LogP contribution in [-0.4, -0.2) is 38.5 Å². The topological polar surface area (TPSA) is 95.1 Å². The summed E-state index contributed by atoms with van der Waals surface area (Å²) in [5, 5.41) is 17.0. The highest BCUT2D eigenvalue weighted by Crippen LogP contribution is 2.37. The number of nitrogens with one attached hydrogen (secondary N) is 1. The van der Waals surface area contributed by atoms with Crippen molar-refractivity contribution in [3.8, 4) is 11.4 Å². The molecule has 1 amide bonds. The molecule has 5 aromatic rings. The number of tetrazole rings is 1. The van der Waals surface area contributed by atoms with Crippen molar-refractivity contribution in [2.75, 3.05) is 12.4 Å². The number of rotatable bonds is 6. The van der Waals surface area contributed by atoms with Gasteiger partial charge in [-0.3, -0.25) is 4.79 Å². The molecule has 1 atom stereocenters. The second kappa shape index (κ2) is 8.83. The smallest absolute Gasteiger partial charge is 0.237 e. The van der Waals surface area contributed by atoms with E-state index in [0.29, 0.717) is 22.2 Å². The molecule has 3 aromatic carbocycles. The van der Waals surface area contributed by atoms with Gasteiger partial charge in [-0.1, -0.05) is 47.7 Å². The van der Waals surface area contributed by atoms with Crippen LogP contribution in [0.1, 0.15) is 18.1 Å². The highest BCUT2D eigenvalue weighted by molar-refractivity contribution is 8.00. The molecule has 5 rings (SSSR count). The van der Waals surface area contributed by atoms with E-state index in [-0.39, 0.29) is 5.91 Å². The molecule has 0 saturated carbocycles. The average Bonchev–Trinajstić information content (AvgIpc) is 3.42. The average molecular weight is 474 g/mol. The first-order valence-corrected chi connectivity index (χ1v) is 11.7. The number of nitrogens with zero attached hydrogens (tertiary/aromatic N) is 4. The van der Waals surface area contributed by atoms with Crippen LogP contribution in [0.5, 0.6) is 5.75 Å². The third kappa shape index (κ3) is 3.99. The lowest BCUT2D eigenvalue weighted by Gasteiger charge is -2.14. The lowest BCUT2D eigenvalue weighted by atomic mass is 10.1. The number of benzene rings is 3. The van der Waals surface area contributed by atoms with Crippen LogP contribution in [0.4, 0.5) is 5.69 Å². The van der Waals surface area contributed by atoms with Gasteiger partial charge in [-0.15, -0.1) is 5.10 Å². The van der Waals surface area contributed by atoms with Crippen LogP contribution in [-0.2, 0) is 4.79 Å². The van der Waals surface area contributed by atoms with Gasteiger partial charge in [-0.05, 0) is 55.0 Å². The highest BCUT2D eigenvalue weighted by atomic mass is 32.2. The highest BCUT2D eigenvalue weighted by Gasteiger charge is 2.22. The van der Waals surface area contributed by atoms with Crippen LogP contribution in [0.25, 0.3) is 27.6 Å². The van der Waals surface area contributed by atoms with Crippen molar-refractivity contribution in [1.29, 1.82) is 0 Å². The Morgan fingerprint density at radius 3 is 2.71 bits per heavy atom. The van der Waals surface area contributed by atoms with Gasteiger partial charge in [0.2, 0.25) is 11.1 Å². The first-order valence-electron chi connectivity index (χ1n) is 10.8. The fourth-order valence-corrected chi connectivity index (χ4v) is 4.71. The van der Waals surface area contributed by atoms with Crippen LogP contribution in [0, 0.1) is 13.8 Å². The summed E-state index contributed by atoms with van der Waals surface area (Å²) in [6, 6.07) is 17.5. The Balaban J connectivity index is 1.39. The largest absolute Gasteiger partial charge is 0.495 e. The standard InChI is InChI=1S/C25H23N5O3S/c1-14-9-10-20(15(2)11-14)30-25(27-28-29-30)34-16(3)24(31)26-19-13-22-18(12-23(19)32-4)17-7-5-6-8-21(17)33-22/h5-13,16H,1-4H3,(H,26,31). The first kappa shape index (κ1) is 22.0. The van der Waals surface area contributed by atoms with Crippen LogP contribution < -0.4 is 10.1 Å². The number of ether oxygens (including phenoxy) is 1. The number of para-hydroxylation sites is 1. The molecule has 1 N–H and O–H groups in total. The maximum absolute atomic E-state index is 13.1. The fourth-order valence-electron chi connectivity index (χ4n) is 3.91. The number of hydrogen-bond donors (Lipinski definition) is 1. The molecule has 0 fully saturated rings. The Hall–Kier alpha value is -3.85. The molecular formula is C25H23N5O3S. The molecule has 2 heterocycles. The van der Waals surface area contributed by atoms with Gasteiger partial charge < -0.3 is 14.5 Å². The molecule has 9 heteroatoms. The molecule has 0 saturated heterocycles. The fraction of sp³-hybridized carbons (Fsp3) is 0.200. The predicted molar refractivity (Wildman–Crippen MR) is 133 cm³/mol. The van der Waals surface area contributed by atoms with Crippen LogP contribution >= 0.6 is 11.8 Å². The number of carbonyl (C=O) groups excluding carboxylic acids is 1. The molecule has 8 nitrogen and oxygen atoms in total. The molecule has 0 bridgehead atoms. The van der Waals surface area contributed by atoms with Gasteiger partial charge in [0.15, 0.2) is 0 Å². The van der Waals surface area contributed by atoms with E-state index in [4.69, 9.17) is 9.15 Å². The summed E-state index contributed by atoms with van der Waals surface area (Å²) in [5.41, 5.74) is 5.09. The van der Waals surface area contributed by atoms with Crippen molar-refractivity contribution in [2.45, 2.75) is 31.2 Å². The maximum Gasteiger partial charge on any atom is 0.237 e. The summed E-state index contributed by atoms with van der Waals surface area (Å²) >= 11 is 1.28. The van der Waals surface area contributed by atoms with Gasteiger partial charge in [-0.2, -0.15) is 4.68 Å². The van der Waals surface area contributed by atoms with E-state index in [1.165, 1.54) is 11.8 Å². The lowest BCUT2D eigenvalue weighted by Crippen LogP contribution is -2.23. The van der Waals surface area contributed by atoms with E-state index < -0.39 is 5.25 Å². The summed E-state index contributed by atoms with van der Waals surface area (Å²) in [6.45, 7) is 5.86. The molecular weight excluding hydrogens is 450 g/mol. The zero-order valence-corrected chi connectivity index (χ0v) is 20.0. The molecule has 2 aromatic heterocycles. The number of furan rings is 1. The Labute approximate surface area is 200 Å². The summed E-state index contributed by atoms with van der Waals surface area (Å²) in [6.07, 6.45) is 0. The van der Waals surface area contributed by atoms with Gasteiger partial charge in [0.1, 0.15) is 16.9 Å². The van der Waals surface area contributed by atoms with Crippen molar-refractivity contribution in [1.82, 2.24) is 20.2 Å². The number of hydrogen-bond acceptors (Lipinski definition) is 7. The van der Waals surface area contributed by atoms with Crippen LogP contribution in [0.3, 0.4) is 0 Å². The van der Waals surface area contributed by atoms with Crippen molar-refractivity contribution >= 4 is 45.3 Å². The number of thioether (sulfide) groups is 1. The van der Waals surface area contributed by atoms with Gasteiger partial charge >= 0.3 is 0 Å². The SMILES string of the molecule is COc1cc2c(cc1NC(=O)C(C)Sc1nnnn1-c1ccc(C)cc1C)oc1ccccc12. The maximum atomic E-state index is 13.1. The second-order valence-corrected chi connectivity index (χ2v) is 9.37. The summed E-state index contributed by atoms with van der Waals surface area (Å²) in [7, 11) is 1.58. The molecule has 0 aliphatic carbocycles. The second-order valence-electron chi connectivity index (χ2n) is 8.06. The minimum absolute atomic E-state index is 0.200. The lowest BCUT2D eigenvalue weighted by molar-refractivity contribution is -0.115. The van der Waals surface area contributed by atoms with Crippen molar-refractivity contribution in [2.24, 2.45) is 0 Å². The van der Waals surface area contributed by atoms with E-state index in [2.05, 4.69) is 26.9 Å². The molecule has 1 unspecified atom stereocenters. The van der Waals surface area contributed by atoms with E-state index in [1.54, 1.807) is 17.9 Å². The number of methoxy groups -OCH3 is 1. The van der Waals surface area contributed by atoms with Gasteiger partial charge in [0.05, 0.1) is 23.7 Å². The van der Waals surface area contributed by atoms with E-state index in [9.17, 15) is 4.79 Å². The van der Waals surface area contributed by atoms with E-state index >= 15 is 0 Å². The minimum atomic E-state index is -0.466. The Kier molecular flexibility index (Phi) is 5.70. The number of aromatic nitrogens is 4. The molecule has 0 spiro atoms. The van der Waals surface area contributed by atoms with Crippen molar-refractivity contribution in [3.63, 3.8) is 0 Å². The number of amides is 1. The molecule has 0 radical (unpaired) electrons. The van der Waals surface area contributed by atoms with Gasteiger partial charge in [0, 0.05) is 16.8 Å². The van der Waals surface area contributed by atoms with Gasteiger partial charge in [0.25, 0.3) is 0 Å². The number of carbonyl (C=O) groups is 1. The first-order chi connectivity index (χ1) is 16.4. The van der Waals surface area contributed by atoms with Crippen molar-refractivity contribution in [3.05, 3.63) is 65.7 Å². The van der Waals surface area contributed by atoms with E-state index in [1.807, 2.05) is 63.2 Å². The Morgan fingerprint density at radius 1 is 1.09 bits per heavy atom. The third-order valence-electron chi connectivity index (χ3n) is 5.63. The molecule has 0 aliphatic heterocycles. The van der Waals surface area contributed by atoms with Gasteiger partial charge in [-0.25, -0.2) is 0 Å². The Bertz CT molecular complexity index is 1520. The summed E-state index contributed by atoms with van der Waals surface area (Å²) in [4.78, 5) is 13.1. The van der Waals surface area contributed by atoms with Crippen molar-refractivity contribution < 1.29 is 13.9 Å². The summed E-state index contributed by atoms with van der Waals surface area (Å²) < 4.78 is 13.2. The molecule has 34 heavy (non-hydrogen) atoms. The zero-order chi connectivity index (χ0) is 23.8. The quantitative estimate of drug-likeness (QED) is 0.334. The molecule has 0 aliphatic rings. The zero-order valence-electron chi connectivity index (χ0n) is 19.2. The monoisotopic (exact) mass is 473 g/mol. The normalized spacial score (nSPS) is 12.2. The molecule has 172 valence electrons. The third-order valence-corrected chi connectivity index (χ3v) is 6.66. The van der Waals surface area contributed by atoms with Crippen LogP contribution in [0.15, 0.2) is 64.2 Å². The number of fused-ring (bicyclic) bond motifs is 3.